The fourth-order valence-electron chi connectivity index (χ4n) is 4.32. The Balaban J connectivity index is 1.81. The predicted molar refractivity (Wildman–Crippen MR) is 59.9 cm³/mol. The van der Waals surface area contributed by atoms with Crippen LogP contribution in [0.15, 0.2) is 0 Å². The molecule has 0 aromatic heterocycles. The van der Waals surface area contributed by atoms with Gasteiger partial charge in [0.2, 0.25) is 0 Å². The van der Waals surface area contributed by atoms with Gasteiger partial charge in [0.05, 0.1) is 0 Å². The van der Waals surface area contributed by atoms with Gasteiger partial charge in [-0.15, -0.1) is 0 Å². The Morgan fingerprint density at radius 3 is 2.56 bits per heavy atom. The van der Waals surface area contributed by atoms with Gasteiger partial charge in [0.25, 0.3) is 0 Å². The fraction of sp³-hybridized carbons (Fsp3) is 0.917. The van der Waals surface area contributed by atoms with Crippen LogP contribution in [0.1, 0.15) is 25.7 Å². The van der Waals surface area contributed by atoms with Gasteiger partial charge in [-0.3, -0.25) is 9.69 Å². The van der Waals surface area contributed by atoms with Crippen molar-refractivity contribution in [2.75, 3.05) is 13.1 Å². The average Bonchev–Trinajstić information content (AvgIpc) is 2.75. The number of carbonyl (C=O) groups is 1. The van der Waals surface area contributed by atoms with E-state index >= 15 is 0 Å². The second-order valence-corrected chi connectivity index (χ2v) is 5.63. The van der Waals surface area contributed by atoms with Gasteiger partial charge in [0, 0.05) is 12.0 Å². The molecule has 90 valence electrons. The number of nitrogens with zero attached hydrogens (tertiary/aromatic N) is 1. The minimum atomic E-state index is -0.826. The molecule has 1 saturated carbocycles. The topological polar surface area (TPSA) is 66.6 Å². The van der Waals surface area contributed by atoms with E-state index in [0.717, 1.165) is 31.3 Å². The van der Waals surface area contributed by atoms with E-state index < -0.39 is 12.0 Å². The van der Waals surface area contributed by atoms with Crippen LogP contribution in [0.5, 0.6) is 0 Å². The lowest BCUT2D eigenvalue weighted by molar-refractivity contribution is -0.141. The Hall–Kier alpha value is -0.610. The summed E-state index contributed by atoms with van der Waals surface area (Å²) in [6, 6.07) is -0.187. The number of hydrogen-bond acceptors (Lipinski definition) is 3. The zero-order valence-electron chi connectivity index (χ0n) is 9.51. The minimum Gasteiger partial charge on any atom is -0.480 e. The molecule has 3 aliphatic heterocycles. The van der Waals surface area contributed by atoms with Crippen molar-refractivity contribution in [3.05, 3.63) is 0 Å². The number of nitrogens with two attached hydrogens (primary N) is 1. The molecular formula is C12H20N2O2. The van der Waals surface area contributed by atoms with E-state index in [9.17, 15) is 4.79 Å². The van der Waals surface area contributed by atoms with Crippen LogP contribution in [-0.4, -0.2) is 41.1 Å². The summed E-state index contributed by atoms with van der Waals surface area (Å²) in [4.78, 5) is 13.5. The Morgan fingerprint density at radius 1 is 1.25 bits per heavy atom. The van der Waals surface area contributed by atoms with Crippen LogP contribution in [0.2, 0.25) is 0 Å². The number of fused-ring (bicyclic) bond motifs is 2. The largest absolute Gasteiger partial charge is 0.480 e. The second-order valence-electron chi connectivity index (χ2n) is 5.63. The Morgan fingerprint density at radius 2 is 1.94 bits per heavy atom. The van der Waals surface area contributed by atoms with Crippen molar-refractivity contribution >= 4 is 5.97 Å². The lowest BCUT2D eigenvalue weighted by Gasteiger charge is -2.50. The van der Waals surface area contributed by atoms with E-state index in [1.807, 2.05) is 0 Å². The normalized spacial score (nSPS) is 47.7. The number of hydrogen-bond donors (Lipinski definition) is 2. The van der Waals surface area contributed by atoms with Crippen LogP contribution < -0.4 is 5.73 Å². The molecule has 4 unspecified atom stereocenters. The van der Waals surface area contributed by atoms with Crippen molar-refractivity contribution in [2.45, 2.75) is 37.8 Å². The van der Waals surface area contributed by atoms with E-state index in [0.29, 0.717) is 6.04 Å². The van der Waals surface area contributed by atoms with Crippen LogP contribution in [-0.2, 0) is 4.79 Å². The van der Waals surface area contributed by atoms with Gasteiger partial charge in [-0.1, -0.05) is 0 Å². The molecule has 3 saturated heterocycles. The van der Waals surface area contributed by atoms with Crippen LogP contribution in [0, 0.1) is 17.8 Å². The number of aliphatic carboxylic acids is 1. The fourth-order valence-corrected chi connectivity index (χ4v) is 4.32. The number of carboxylic acids is 1. The first-order chi connectivity index (χ1) is 7.68. The first-order valence-corrected chi connectivity index (χ1v) is 6.41. The van der Waals surface area contributed by atoms with Crippen molar-refractivity contribution in [2.24, 2.45) is 23.5 Å². The Labute approximate surface area is 95.8 Å². The summed E-state index contributed by atoms with van der Waals surface area (Å²) < 4.78 is 0. The highest BCUT2D eigenvalue weighted by atomic mass is 16.4. The molecule has 3 N–H and O–H groups in total. The highest BCUT2D eigenvalue weighted by Gasteiger charge is 2.51. The molecule has 4 atom stereocenters. The van der Waals surface area contributed by atoms with Crippen LogP contribution in [0.25, 0.3) is 0 Å². The molecule has 4 rings (SSSR count). The summed E-state index contributed by atoms with van der Waals surface area (Å²) in [5.74, 6) is 0.942. The average molecular weight is 224 g/mol. The van der Waals surface area contributed by atoms with Gasteiger partial charge < -0.3 is 10.8 Å². The molecule has 4 aliphatic rings. The van der Waals surface area contributed by atoms with Gasteiger partial charge in [0.15, 0.2) is 0 Å². The molecule has 4 fully saturated rings. The molecular weight excluding hydrogens is 204 g/mol. The van der Waals surface area contributed by atoms with Crippen molar-refractivity contribution in [1.29, 1.82) is 0 Å². The molecule has 0 spiro atoms. The Kier molecular flexibility index (Phi) is 2.44. The van der Waals surface area contributed by atoms with Crippen LogP contribution in [0.3, 0.4) is 0 Å². The monoisotopic (exact) mass is 224 g/mol. The lowest BCUT2D eigenvalue weighted by Crippen LogP contribution is -2.58. The number of piperidine rings is 3. The summed E-state index contributed by atoms with van der Waals surface area (Å²) in [5.41, 5.74) is 5.83. The molecule has 0 radical (unpaired) electrons. The van der Waals surface area contributed by atoms with Gasteiger partial charge in [-0.2, -0.15) is 0 Å². The number of rotatable bonds is 2. The third kappa shape index (κ3) is 1.39. The maximum Gasteiger partial charge on any atom is 0.320 e. The standard InChI is InChI=1S/C12H20N2O2/c13-10(12(15)16)9-2-1-8-7-3-5-14(6-4-7)11(8)9/h7-11H,1-6,13H2,(H,15,16). The third-order valence-corrected chi connectivity index (χ3v) is 5.06. The van der Waals surface area contributed by atoms with Gasteiger partial charge in [-0.25, -0.2) is 0 Å². The van der Waals surface area contributed by atoms with E-state index in [1.54, 1.807) is 0 Å². The minimum absolute atomic E-state index is 0.186. The molecule has 16 heavy (non-hydrogen) atoms. The van der Waals surface area contributed by atoms with E-state index in [2.05, 4.69) is 4.90 Å². The molecule has 0 aromatic rings. The Bertz CT molecular complexity index is 299. The molecule has 0 aromatic carbocycles. The highest BCUT2D eigenvalue weighted by Crippen LogP contribution is 2.48. The van der Waals surface area contributed by atoms with Gasteiger partial charge >= 0.3 is 5.97 Å². The molecule has 4 nitrogen and oxygen atoms in total. The molecule has 0 amide bonds. The van der Waals surface area contributed by atoms with E-state index in [4.69, 9.17) is 10.8 Å². The van der Waals surface area contributed by atoms with Crippen molar-refractivity contribution < 1.29 is 9.90 Å². The maximum atomic E-state index is 11.0. The molecule has 4 heteroatoms. The van der Waals surface area contributed by atoms with Gasteiger partial charge in [0.1, 0.15) is 6.04 Å². The first kappa shape index (κ1) is 10.5. The SMILES string of the molecule is NC(C(=O)O)C1CCC2C3CCN(CC3)C21. The zero-order valence-corrected chi connectivity index (χ0v) is 9.51. The van der Waals surface area contributed by atoms with Crippen molar-refractivity contribution in [1.82, 2.24) is 4.90 Å². The molecule has 2 bridgehead atoms. The number of carboxylic acid groups (broad SMARTS) is 1. The van der Waals surface area contributed by atoms with Gasteiger partial charge in [-0.05, 0) is 50.6 Å². The lowest BCUT2D eigenvalue weighted by atomic mass is 9.73. The third-order valence-electron chi connectivity index (χ3n) is 5.06. The first-order valence-electron chi connectivity index (χ1n) is 6.41. The smallest absolute Gasteiger partial charge is 0.320 e. The van der Waals surface area contributed by atoms with E-state index in [1.165, 1.54) is 19.3 Å². The maximum absolute atomic E-state index is 11.0. The zero-order chi connectivity index (χ0) is 11.3. The quantitative estimate of drug-likeness (QED) is 0.717. The summed E-state index contributed by atoms with van der Waals surface area (Å²) in [6.45, 7) is 2.32. The van der Waals surface area contributed by atoms with Crippen molar-refractivity contribution in [3.8, 4) is 0 Å². The summed E-state index contributed by atoms with van der Waals surface area (Å²) in [5, 5.41) is 9.06. The highest BCUT2D eigenvalue weighted by molar-refractivity contribution is 5.73. The van der Waals surface area contributed by atoms with E-state index in [-0.39, 0.29) is 5.92 Å². The molecule has 3 heterocycles. The summed E-state index contributed by atoms with van der Waals surface area (Å²) in [7, 11) is 0. The molecule has 1 aliphatic carbocycles. The second kappa shape index (κ2) is 3.70. The summed E-state index contributed by atoms with van der Waals surface area (Å²) >= 11 is 0. The van der Waals surface area contributed by atoms with Crippen molar-refractivity contribution in [3.63, 3.8) is 0 Å². The van der Waals surface area contributed by atoms with Crippen LogP contribution >= 0.6 is 0 Å². The summed E-state index contributed by atoms with van der Waals surface area (Å²) in [6.07, 6.45) is 4.83. The predicted octanol–water partition coefficient (Wildman–Crippen LogP) is 0.519. The van der Waals surface area contributed by atoms with Crippen LogP contribution in [0.4, 0.5) is 0 Å².